The smallest absolute Gasteiger partial charge is 0.252 e. The third-order valence-electron chi connectivity index (χ3n) is 1.72. The first-order valence-corrected chi connectivity index (χ1v) is 5.89. The van der Waals surface area contributed by atoms with Gasteiger partial charge in [0, 0.05) is 15.5 Å². The van der Waals surface area contributed by atoms with Crippen LogP contribution in [0, 0.1) is 9.39 Å². The minimum absolute atomic E-state index is 0.118. The molecule has 0 saturated heterocycles. The molecule has 1 unspecified atom stereocenters. The van der Waals surface area contributed by atoms with Gasteiger partial charge in [0.1, 0.15) is 5.82 Å². The average Bonchev–Trinajstić information content (AvgIpc) is 2.14. The zero-order chi connectivity index (χ0) is 11.4. The molecule has 1 amide bonds. The summed E-state index contributed by atoms with van der Waals surface area (Å²) in [5.41, 5.74) is 0.467. The lowest BCUT2D eigenvalue weighted by molar-refractivity contribution is 0.0953. The van der Waals surface area contributed by atoms with Gasteiger partial charge in [-0.05, 0) is 47.7 Å². The Balaban J connectivity index is 2.74. The molecule has 0 bridgehead atoms. The Morgan fingerprint density at radius 1 is 1.67 bits per heavy atom. The van der Waals surface area contributed by atoms with Gasteiger partial charge in [0.2, 0.25) is 0 Å². The first kappa shape index (κ1) is 12.7. The first-order valence-electron chi connectivity index (χ1n) is 4.38. The molecule has 0 aliphatic carbocycles. The van der Waals surface area contributed by atoms with E-state index in [1.165, 1.54) is 18.2 Å². The number of benzene rings is 1. The van der Waals surface area contributed by atoms with E-state index in [-0.39, 0.29) is 17.1 Å². The van der Waals surface area contributed by atoms with Gasteiger partial charge >= 0.3 is 0 Å². The molecule has 15 heavy (non-hydrogen) atoms. The molecule has 0 saturated carbocycles. The second-order valence-corrected chi connectivity index (χ2v) is 5.02. The van der Waals surface area contributed by atoms with Crippen molar-refractivity contribution in [2.24, 2.45) is 0 Å². The summed E-state index contributed by atoms with van der Waals surface area (Å²) in [5, 5.41) is 2.54. The van der Waals surface area contributed by atoms with E-state index >= 15 is 0 Å². The maximum atomic E-state index is 12.8. The topological polar surface area (TPSA) is 29.1 Å². The predicted molar refractivity (Wildman–Crippen MR) is 66.8 cm³/mol. The van der Waals surface area contributed by atoms with Crippen molar-refractivity contribution in [3.63, 3.8) is 0 Å². The minimum Gasteiger partial charge on any atom is -0.351 e. The summed E-state index contributed by atoms with van der Waals surface area (Å²) in [6.07, 6.45) is 0. The molecule has 0 aromatic heterocycles. The van der Waals surface area contributed by atoms with Crippen molar-refractivity contribution in [2.75, 3.05) is 6.54 Å². The fourth-order valence-electron chi connectivity index (χ4n) is 1.00. The fourth-order valence-corrected chi connectivity index (χ4v) is 1.80. The van der Waals surface area contributed by atoms with E-state index in [1.54, 1.807) is 6.92 Å². The zero-order valence-corrected chi connectivity index (χ0v) is 11.0. The number of halogens is 3. The van der Waals surface area contributed by atoms with Crippen LogP contribution in [-0.2, 0) is 0 Å². The van der Waals surface area contributed by atoms with Gasteiger partial charge in [0.25, 0.3) is 5.91 Å². The number of amides is 1. The average molecular weight is 342 g/mol. The van der Waals surface area contributed by atoms with Gasteiger partial charge < -0.3 is 5.32 Å². The molecule has 1 atom stereocenters. The Morgan fingerprint density at radius 2 is 2.33 bits per heavy atom. The molecule has 0 heterocycles. The highest BCUT2D eigenvalue weighted by atomic mass is 127. The van der Waals surface area contributed by atoms with Crippen LogP contribution < -0.4 is 5.32 Å². The predicted octanol–water partition coefficient (Wildman–Crippen LogP) is 2.79. The van der Waals surface area contributed by atoms with E-state index in [0.717, 1.165) is 0 Å². The normalized spacial score (nSPS) is 12.3. The lowest BCUT2D eigenvalue weighted by Crippen LogP contribution is -2.29. The fraction of sp³-hybridized carbons (Fsp3) is 0.300. The molecule has 2 nitrogen and oxygen atoms in total. The van der Waals surface area contributed by atoms with Crippen molar-refractivity contribution >= 4 is 40.1 Å². The summed E-state index contributed by atoms with van der Waals surface area (Å²) in [6, 6.07) is 4.05. The van der Waals surface area contributed by atoms with Crippen molar-refractivity contribution in [1.82, 2.24) is 5.32 Å². The maximum Gasteiger partial charge on any atom is 0.252 e. The van der Waals surface area contributed by atoms with Crippen LogP contribution in [0.4, 0.5) is 4.39 Å². The SMILES string of the molecule is CC(Cl)CNC(=O)c1ccc(F)cc1I. The van der Waals surface area contributed by atoms with Gasteiger partial charge in [-0.15, -0.1) is 11.6 Å². The first-order chi connectivity index (χ1) is 7.00. The van der Waals surface area contributed by atoms with Crippen LogP contribution >= 0.6 is 34.2 Å². The Hall–Kier alpha value is -0.360. The van der Waals surface area contributed by atoms with E-state index < -0.39 is 0 Å². The molecule has 0 aliphatic rings. The summed E-state index contributed by atoms with van der Waals surface area (Å²) >= 11 is 7.62. The molecule has 0 aliphatic heterocycles. The van der Waals surface area contributed by atoms with Crippen LogP contribution in [0.15, 0.2) is 18.2 Å². The van der Waals surface area contributed by atoms with Crippen LogP contribution in [0.25, 0.3) is 0 Å². The van der Waals surface area contributed by atoms with Gasteiger partial charge in [-0.2, -0.15) is 0 Å². The largest absolute Gasteiger partial charge is 0.351 e. The Kier molecular flexibility index (Phi) is 4.79. The third-order valence-corrected chi connectivity index (χ3v) is 2.77. The quantitative estimate of drug-likeness (QED) is 0.665. The molecule has 1 aromatic rings. The number of carbonyl (C=O) groups excluding carboxylic acids is 1. The number of carbonyl (C=O) groups is 1. The number of nitrogens with one attached hydrogen (secondary N) is 1. The molecular formula is C10H10ClFINO. The molecule has 0 radical (unpaired) electrons. The molecule has 1 N–H and O–H groups in total. The highest BCUT2D eigenvalue weighted by Crippen LogP contribution is 2.13. The van der Waals surface area contributed by atoms with E-state index in [9.17, 15) is 9.18 Å². The van der Waals surface area contributed by atoms with Gasteiger partial charge in [0.05, 0.1) is 5.56 Å². The Morgan fingerprint density at radius 3 is 2.87 bits per heavy atom. The van der Waals surface area contributed by atoms with E-state index in [1.807, 2.05) is 22.6 Å². The summed E-state index contributed by atoms with van der Waals surface area (Å²) in [6.45, 7) is 2.19. The Labute approximate surface area is 106 Å². The second-order valence-electron chi connectivity index (χ2n) is 3.11. The number of hydrogen-bond donors (Lipinski definition) is 1. The molecule has 5 heteroatoms. The van der Waals surface area contributed by atoms with Crippen molar-refractivity contribution in [3.8, 4) is 0 Å². The van der Waals surface area contributed by atoms with Gasteiger partial charge in [-0.1, -0.05) is 0 Å². The standard InChI is InChI=1S/C10H10ClFINO/c1-6(11)5-14-10(15)8-3-2-7(12)4-9(8)13/h2-4,6H,5H2,1H3,(H,14,15). The summed E-state index contributed by atoms with van der Waals surface area (Å²) in [5.74, 6) is -0.575. The maximum absolute atomic E-state index is 12.8. The van der Waals surface area contributed by atoms with Crippen molar-refractivity contribution in [1.29, 1.82) is 0 Å². The summed E-state index contributed by atoms with van der Waals surface area (Å²) in [4.78, 5) is 11.6. The van der Waals surface area contributed by atoms with Gasteiger partial charge in [-0.3, -0.25) is 4.79 Å². The van der Waals surface area contributed by atoms with Crippen LogP contribution in [0.2, 0.25) is 0 Å². The number of rotatable bonds is 3. The molecule has 82 valence electrons. The molecule has 1 aromatic carbocycles. The lowest BCUT2D eigenvalue weighted by atomic mass is 10.2. The molecule has 1 rings (SSSR count). The third kappa shape index (κ3) is 3.95. The molecule has 0 spiro atoms. The summed E-state index contributed by atoms with van der Waals surface area (Å²) < 4.78 is 13.4. The number of hydrogen-bond acceptors (Lipinski definition) is 1. The van der Waals surface area contributed by atoms with Crippen LogP contribution in [0.5, 0.6) is 0 Å². The molecular weight excluding hydrogens is 331 g/mol. The van der Waals surface area contributed by atoms with Crippen LogP contribution in [0.1, 0.15) is 17.3 Å². The van der Waals surface area contributed by atoms with E-state index in [2.05, 4.69) is 5.32 Å². The monoisotopic (exact) mass is 341 g/mol. The summed E-state index contributed by atoms with van der Waals surface area (Å²) in [7, 11) is 0. The lowest BCUT2D eigenvalue weighted by Gasteiger charge is -2.07. The highest BCUT2D eigenvalue weighted by molar-refractivity contribution is 14.1. The highest BCUT2D eigenvalue weighted by Gasteiger charge is 2.10. The van der Waals surface area contributed by atoms with Crippen LogP contribution in [0.3, 0.4) is 0 Å². The van der Waals surface area contributed by atoms with Crippen molar-refractivity contribution < 1.29 is 9.18 Å². The minimum atomic E-state index is -0.346. The Bertz CT molecular complexity index is 370. The van der Waals surface area contributed by atoms with E-state index in [4.69, 9.17) is 11.6 Å². The van der Waals surface area contributed by atoms with Crippen LogP contribution in [-0.4, -0.2) is 17.8 Å². The van der Waals surface area contributed by atoms with Gasteiger partial charge in [-0.25, -0.2) is 4.39 Å². The second kappa shape index (κ2) is 5.65. The van der Waals surface area contributed by atoms with Crippen molar-refractivity contribution in [2.45, 2.75) is 12.3 Å². The molecule has 0 fully saturated rings. The van der Waals surface area contributed by atoms with Crippen molar-refractivity contribution in [3.05, 3.63) is 33.1 Å². The zero-order valence-electron chi connectivity index (χ0n) is 8.06. The van der Waals surface area contributed by atoms with E-state index in [0.29, 0.717) is 15.7 Å². The van der Waals surface area contributed by atoms with Gasteiger partial charge in [0.15, 0.2) is 0 Å². The number of alkyl halides is 1.